The number of anilines is 1. The van der Waals surface area contributed by atoms with E-state index in [-0.39, 0.29) is 17.2 Å². The second kappa shape index (κ2) is 8.73. The Labute approximate surface area is 198 Å². The topological polar surface area (TPSA) is 81.3 Å². The number of benzene rings is 3. The molecular weight excluding hydrogens is 458 g/mol. The van der Waals surface area contributed by atoms with Crippen LogP contribution in [0, 0.1) is 6.92 Å². The van der Waals surface area contributed by atoms with Gasteiger partial charge in [-0.2, -0.15) is 0 Å². The van der Waals surface area contributed by atoms with Gasteiger partial charge >= 0.3 is 0 Å². The molecule has 0 radical (unpaired) electrons. The molecule has 1 N–H and O–H groups in total. The largest absolute Gasteiger partial charge is 0.325 e. The third-order valence-electron chi connectivity index (χ3n) is 5.20. The van der Waals surface area contributed by atoms with Crippen molar-refractivity contribution in [2.24, 2.45) is 0 Å². The molecule has 5 rings (SSSR count). The predicted octanol–water partition coefficient (Wildman–Crippen LogP) is 4.73. The number of fused-ring (bicyclic) bond motifs is 3. The second-order valence-corrected chi connectivity index (χ2v) is 8.76. The Balaban J connectivity index is 1.52. The van der Waals surface area contributed by atoms with Crippen LogP contribution < -0.4 is 10.9 Å². The lowest BCUT2D eigenvalue weighted by Gasteiger charge is -2.11. The van der Waals surface area contributed by atoms with E-state index < -0.39 is 0 Å². The average Bonchev–Trinajstić information content (AvgIpc) is 3.25. The highest BCUT2D eigenvalue weighted by atomic mass is 35.5. The summed E-state index contributed by atoms with van der Waals surface area (Å²) in [5.41, 5.74) is 2.77. The van der Waals surface area contributed by atoms with E-state index in [1.807, 2.05) is 72.0 Å². The molecule has 0 bridgehead atoms. The Bertz CT molecular complexity index is 1560. The maximum atomic E-state index is 13.3. The van der Waals surface area contributed by atoms with Crippen molar-refractivity contribution >= 4 is 51.6 Å². The van der Waals surface area contributed by atoms with Gasteiger partial charge in [0.05, 0.1) is 22.3 Å². The SMILES string of the molecule is Cc1ccc(NC(=O)CSc2nnc3n(-c4ccccc4)c(=O)c4ccccc4n23)cc1Cl. The van der Waals surface area contributed by atoms with Crippen LogP contribution in [0.4, 0.5) is 5.69 Å². The first-order valence-electron chi connectivity index (χ1n) is 10.2. The lowest BCUT2D eigenvalue weighted by Crippen LogP contribution is -2.21. The highest BCUT2D eigenvalue weighted by molar-refractivity contribution is 7.99. The molecule has 9 heteroatoms. The van der Waals surface area contributed by atoms with Crippen LogP contribution in [0.15, 0.2) is 82.7 Å². The van der Waals surface area contributed by atoms with Gasteiger partial charge in [-0.15, -0.1) is 10.2 Å². The van der Waals surface area contributed by atoms with Crippen molar-refractivity contribution in [2.45, 2.75) is 12.1 Å². The van der Waals surface area contributed by atoms with Gasteiger partial charge in [0, 0.05) is 10.7 Å². The van der Waals surface area contributed by atoms with Crippen molar-refractivity contribution < 1.29 is 4.79 Å². The van der Waals surface area contributed by atoms with Crippen molar-refractivity contribution in [1.82, 2.24) is 19.2 Å². The number of hydrogen-bond acceptors (Lipinski definition) is 5. The molecule has 0 aliphatic carbocycles. The van der Waals surface area contributed by atoms with E-state index >= 15 is 0 Å². The normalized spacial score (nSPS) is 11.2. The monoisotopic (exact) mass is 475 g/mol. The molecule has 0 atom stereocenters. The number of nitrogens with one attached hydrogen (secondary N) is 1. The maximum absolute atomic E-state index is 13.3. The van der Waals surface area contributed by atoms with Crippen molar-refractivity contribution in [3.8, 4) is 5.69 Å². The van der Waals surface area contributed by atoms with Crippen LogP contribution in [0.5, 0.6) is 0 Å². The van der Waals surface area contributed by atoms with Gasteiger partial charge in [0.25, 0.3) is 5.56 Å². The number of hydrogen-bond donors (Lipinski definition) is 1. The Morgan fingerprint density at radius 1 is 1.03 bits per heavy atom. The zero-order valence-corrected chi connectivity index (χ0v) is 19.1. The molecule has 7 nitrogen and oxygen atoms in total. The van der Waals surface area contributed by atoms with E-state index in [1.54, 1.807) is 12.1 Å². The Morgan fingerprint density at radius 3 is 2.58 bits per heavy atom. The van der Waals surface area contributed by atoms with Gasteiger partial charge in [-0.3, -0.25) is 14.0 Å². The van der Waals surface area contributed by atoms with Gasteiger partial charge in [0.2, 0.25) is 11.7 Å². The summed E-state index contributed by atoms with van der Waals surface area (Å²) in [5, 5.41) is 13.1. The van der Waals surface area contributed by atoms with Crippen molar-refractivity contribution in [2.75, 3.05) is 11.1 Å². The Morgan fingerprint density at radius 2 is 1.79 bits per heavy atom. The third kappa shape index (κ3) is 3.99. The molecule has 0 aliphatic heterocycles. The number of nitrogens with zero attached hydrogens (tertiary/aromatic N) is 4. The van der Waals surface area contributed by atoms with Crippen molar-refractivity contribution in [3.63, 3.8) is 0 Å². The van der Waals surface area contributed by atoms with Crippen molar-refractivity contribution in [3.05, 3.63) is 93.7 Å². The van der Waals surface area contributed by atoms with Crippen LogP contribution in [0.1, 0.15) is 5.56 Å². The van der Waals surface area contributed by atoms with E-state index in [4.69, 9.17) is 11.6 Å². The molecule has 5 aromatic rings. The molecule has 0 fully saturated rings. The molecular formula is C24H18ClN5O2S. The Hall–Kier alpha value is -3.62. The summed E-state index contributed by atoms with van der Waals surface area (Å²) in [6.07, 6.45) is 0. The molecule has 2 aromatic heterocycles. The fourth-order valence-corrected chi connectivity index (χ4v) is 4.50. The molecule has 0 spiro atoms. The van der Waals surface area contributed by atoms with E-state index in [0.717, 1.165) is 5.56 Å². The van der Waals surface area contributed by atoms with Crippen molar-refractivity contribution in [1.29, 1.82) is 0 Å². The fourth-order valence-electron chi connectivity index (χ4n) is 3.58. The molecule has 0 saturated carbocycles. The first-order valence-corrected chi connectivity index (χ1v) is 11.5. The van der Waals surface area contributed by atoms with Crippen LogP contribution in [-0.4, -0.2) is 30.8 Å². The highest BCUT2D eigenvalue weighted by Gasteiger charge is 2.18. The van der Waals surface area contributed by atoms with Gasteiger partial charge in [-0.1, -0.05) is 59.8 Å². The molecule has 164 valence electrons. The lowest BCUT2D eigenvalue weighted by atomic mass is 10.2. The van der Waals surface area contributed by atoms with E-state index in [0.29, 0.717) is 38.2 Å². The first kappa shape index (κ1) is 21.2. The molecule has 33 heavy (non-hydrogen) atoms. The number of halogens is 1. The van der Waals surface area contributed by atoms with Crippen LogP contribution in [0.25, 0.3) is 22.4 Å². The standard InChI is InChI=1S/C24H18ClN5O2S/c1-15-11-12-16(13-19(15)25)26-21(31)14-33-24-28-27-23-29(17-7-3-2-4-8-17)22(32)18-9-5-6-10-20(18)30(23)24/h2-13H,14H2,1H3,(H,26,31). The van der Waals surface area contributed by atoms with E-state index in [2.05, 4.69) is 15.5 Å². The molecule has 0 saturated heterocycles. The van der Waals surface area contributed by atoms with Gasteiger partial charge in [0.15, 0.2) is 5.16 Å². The maximum Gasteiger partial charge on any atom is 0.267 e. The minimum Gasteiger partial charge on any atom is -0.325 e. The first-order chi connectivity index (χ1) is 16.0. The van der Waals surface area contributed by atoms with Crippen LogP contribution in [0.3, 0.4) is 0 Å². The fraction of sp³-hybridized carbons (Fsp3) is 0.0833. The van der Waals surface area contributed by atoms with Crippen LogP contribution in [0.2, 0.25) is 5.02 Å². The zero-order valence-electron chi connectivity index (χ0n) is 17.5. The number of para-hydroxylation sites is 2. The molecule has 1 amide bonds. The van der Waals surface area contributed by atoms with Crippen LogP contribution in [-0.2, 0) is 4.79 Å². The number of aryl methyl sites for hydroxylation is 1. The summed E-state index contributed by atoms with van der Waals surface area (Å²) in [7, 11) is 0. The molecule has 2 heterocycles. The minimum absolute atomic E-state index is 0.116. The van der Waals surface area contributed by atoms with Gasteiger partial charge in [0.1, 0.15) is 0 Å². The van der Waals surface area contributed by atoms with Gasteiger partial charge in [-0.25, -0.2) is 4.57 Å². The Kier molecular flexibility index (Phi) is 5.62. The quantitative estimate of drug-likeness (QED) is 0.372. The molecule has 0 aliphatic rings. The number of thioether (sulfide) groups is 1. The highest BCUT2D eigenvalue weighted by Crippen LogP contribution is 2.24. The summed E-state index contributed by atoms with van der Waals surface area (Å²) in [4.78, 5) is 25.8. The van der Waals surface area contributed by atoms with Crippen LogP contribution >= 0.6 is 23.4 Å². The smallest absolute Gasteiger partial charge is 0.267 e. The third-order valence-corrected chi connectivity index (χ3v) is 6.53. The summed E-state index contributed by atoms with van der Waals surface area (Å²) in [6, 6.07) is 22.0. The summed E-state index contributed by atoms with van der Waals surface area (Å²) >= 11 is 7.39. The number of carbonyl (C=O) groups excluding carboxylic acids is 1. The summed E-state index contributed by atoms with van der Waals surface area (Å²) in [5.74, 6) is 0.306. The van der Waals surface area contributed by atoms with Gasteiger partial charge < -0.3 is 5.32 Å². The molecule has 3 aromatic carbocycles. The zero-order chi connectivity index (χ0) is 22.9. The lowest BCUT2D eigenvalue weighted by molar-refractivity contribution is -0.113. The number of carbonyl (C=O) groups is 1. The summed E-state index contributed by atoms with van der Waals surface area (Å²) in [6.45, 7) is 1.90. The van der Waals surface area contributed by atoms with Gasteiger partial charge in [-0.05, 0) is 48.9 Å². The average molecular weight is 476 g/mol. The molecule has 0 unspecified atom stereocenters. The minimum atomic E-state index is -0.197. The summed E-state index contributed by atoms with van der Waals surface area (Å²) < 4.78 is 3.35. The second-order valence-electron chi connectivity index (χ2n) is 7.41. The number of rotatable bonds is 5. The van der Waals surface area contributed by atoms with E-state index in [9.17, 15) is 9.59 Å². The number of amides is 1. The predicted molar refractivity (Wildman–Crippen MR) is 132 cm³/mol. The number of aromatic nitrogens is 4. The van der Waals surface area contributed by atoms with E-state index in [1.165, 1.54) is 16.3 Å².